The van der Waals surface area contributed by atoms with E-state index in [1.54, 1.807) is 18.7 Å². The van der Waals surface area contributed by atoms with E-state index in [0.717, 1.165) is 18.4 Å². The number of nitrogens with one attached hydrogen (secondary N) is 1. The third kappa shape index (κ3) is 5.36. The molecule has 1 aliphatic carbocycles. The van der Waals surface area contributed by atoms with Gasteiger partial charge in [0, 0.05) is 32.1 Å². The zero-order valence-electron chi connectivity index (χ0n) is 17.2. The molecule has 1 aliphatic heterocycles. The van der Waals surface area contributed by atoms with Gasteiger partial charge in [-0.2, -0.15) is 4.31 Å². The molecule has 7 nitrogen and oxygen atoms in total. The molecule has 2 fully saturated rings. The molecular weight excluding hydrogens is 390 g/mol. The van der Waals surface area contributed by atoms with Crippen LogP contribution in [0.3, 0.4) is 0 Å². The first-order valence-electron chi connectivity index (χ1n) is 10.4. The van der Waals surface area contributed by atoms with Crippen LogP contribution in [0.1, 0.15) is 51.1 Å². The maximum absolute atomic E-state index is 13.0. The second-order valence-electron chi connectivity index (χ2n) is 8.13. The molecule has 0 spiro atoms. The van der Waals surface area contributed by atoms with Crippen LogP contribution >= 0.6 is 0 Å². The Morgan fingerprint density at radius 2 is 1.79 bits per heavy atom. The topological polar surface area (TPSA) is 86.8 Å². The number of carbonyl (C=O) groups excluding carboxylic acids is 2. The van der Waals surface area contributed by atoms with E-state index in [2.05, 4.69) is 5.32 Å². The first-order valence-corrected chi connectivity index (χ1v) is 11.9. The molecule has 0 radical (unpaired) electrons. The van der Waals surface area contributed by atoms with Gasteiger partial charge in [-0.15, -0.1) is 0 Å². The molecule has 1 atom stereocenters. The molecule has 1 saturated carbocycles. The molecule has 8 heteroatoms. The van der Waals surface area contributed by atoms with E-state index in [0.29, 0.717) is 19.5 Å². The van der Waals surface area contributed by atoms with Crippen molar-refractivity contribution in [1.29, 1.82) is 0 Å². The van der Waals surface area contributed by atoms with Crippen molar-refractivity contribution in [2.24, 2.45) is 5.92 Å². The third-order valence-corrected chi connectivity index (χ3v) is 7.87. The number of hydrogen-bond donors (Lipinski definition) is 1. The Bertz CT molecular complexity index is 822. The minimum Gasteiger partial charge on any atom is -0.355 e. The smallest absolute Gasteiger partial charge is 0.226 e. The molecule has 0 bridgehead atoms. The van der Waals surface area contributed by atoms with E-state index in [9.17, 15) is 18.0 Å². The monoisotopic (exact) mass is 421 g/mol. The van der Waals surface area contributed by atoms with E-state index < -0.39 is 15.3 Å². The standard InChI is InChI=1S/C21H31N3O4S/c1-16(2)29(27,28)23-12-6-13-24(21(26)18-9-10-18)19(15-20(25)22-11-14-23)17-7-4-3-5-8-17/h3-5,7-8,16,18-19H,6,9-15H2,1-2H3,(H,22,25). The van der Waals surface area contributed by atoms with Crippen molar-refractivity contribution in [1.82, 2.24) is 14.5 Å². The van der Waals surface area contributed by atoms with Gasteiger partial charge in [0.15, 0.2) is 0 Å². The van der Waals surface area contributed by atoms with Gasteiger partial charge in [0.05, 0.1) is 17.7 Å². The highest BCUT2D eigenvalue weighted by Gasteiger charge is 2.37. The number of carbonyl (C=O) groups is 2. The highest BCUT2D eigenvalue weighted by molar-refractivity contribution is 7.89. The number of rotatable bonds is 4. The van der Waals surface area contributed by atoms with Crippen LogP contribution in [0.2, 0.25) is 0 Å². The zero-order chi connectivity index (χ0) is 21.0. The predicted molar refractivity (Wildman–Crippen MR) is 111 cm³/mol. The van der Waals surface area contributed by atoms with Gasteiger partial charge in [-0.05, 0) is 38.7 Å². The fourth-order valence-corrected chi connectivity index (χ4v) is 5.04. The summed E-state index contributed by atoms with van der Waals surface area (Å²) < 4.78 is 26.8. The van der Waals surface area contributed by atoms with Crippen LogP contribution in [0.15, 0.2) is 30.3 Å². The molecule has 1 N–H and O–H groups in total. The maximum Gasteiger partial charge on any atom is 0.226 e. The average molecular weight is 422 g/mol. The van der Waals surface area contributed by atoms with Gasteiger partial charge in [-0.25, -0.2) is 8.42 Å². The molecule has 1 saturated heterocycles. The Kier molecular flexibility index (Phi) is 6.95. The van der Waals surface area contributed by atoms with Gasteiger partial charge in [0.1, 0.15) is 0 Å². The lowest BCUT2D eigenvalue weighted by molar-refractivity contribution is -0.136. The molecule has 0 aromatic heterocycles. The molecule has 3 rings (SSSR count). The highest BCUT2D eigenvalue weighted by atomic mass is 32.2. The Balaban J connectivity index is 1.87. The third-order valence-electron chi connectivity index (χ3n) is 5.59. The first-order chi connectivity index (χ1) is 13.8. The minimum atomic E-state index is -3.43. The van der Waals surface area contributed by atoms with Crippen molar-refractivity contribution in [3.63, 3.8) is 0 Å². The average Bonchev–Trinajstić information content (AvgIpc) is 3.53. The molecule has 2 amide bonds. The molecular formula is C21H31N3O4S. The van der Waals surface area contributed by atoms with E-state index >= 15 is 0 Å². The normalized spacial score (nSPS) is 22.8. The zero-order valence-corrected chi connectivity index (χ0v) is 18.0. The molecule has 29 heavy (non-hydrogen) atoms. The highest BCUT2D eigenvalue weighted by Crippen LogP contribution is 2.35. The van der Waals surface area contributed by atoms with Gasteiger partial charge in [-0.3, -0.25) is 9.59 Å². The van der Waals surface area contributed by atoms with Crippen molar-refractivity contribution in [2.75, 3.05) is 26.2 Å². The molecule has 1 aromatic rings. The van der Waals surface area contributed by atoms with Gasteiger partial charge in [-0.1, -0.05) is 30.3 Å². The van der Waals surface area contributed by atoms with Gasteiger partial charge >= 0.3 is 0 Å². The van der Waals surface area contributed by atoms with Crippen molar-refractivity contribution in [3.05, 3.63) is 35.9 Å². The van der Waals surface area contributed by atoms with Crippen LogP contribution in [-0.2, 0) is 19.6 Å². The summed E-state index contributed by atoms with van der Waals surface area (Å²) in [6, 6.07) is 9.29. The van der Waals surface area contributed by atoms with Crippen LogP contribution in [0.5, 0.6) is 0 Å². The fourth-order valence-electron chi connectivity index (χ4n) is 3.72. The van der Waals surface area contributed by atoms with Crippen LogP contribution in [0, 0.1) is 5.92 Å². The van der Waals surface area contributed by atoms with Crippen LogP contribution in [-0.4, -0.2) is 60.9 Å². The number of hydrogen-bond acceptors (Lipinski definition) is 4. The van der Waals surface area contributed by atoms with Crippen molar-refractivity contribution in [2.45, 2.75) is 50.8 Å². The Labute approximate surface area is 173 Å². The van der Waals surface area contributed by atoms with E-state index in [4.69, 9.17) is 0 Å². The SMILES string of the molecule is CC(C)S(=O)(=O)N1CCCN(C(=O)C2CC2)C(c2ccccc2)CC(=O)NCC1. The predicted octanol–water partition coefficient (Wildman–Crippen LogP) is 1.92. The van der Waals surface area contributed by atoms with Crippen molar-refractivity contribution in [3.8, 4) is 0 Å². The lowest BCUT2D eigenvalue weighted by atomic mass is 10.0. The summed E-state index contributed by atoms with van der Waals surface area (Å²) in [5.74, 6) is -0.0645. The van der Waals surface area contributed by atoms with Crippen LogP contribution in [0.25, 0.3) is 0 Å². The summed E-state index contributed by atoms with van der Waals surface area (Å²) in [6.07, 6.45) is 2.50. The number of benzene rings is 1. The van der Waals surface area contributed by atoms with Gasteiger partial charge < -0.3 is 10.2 Å². The quantitative estimate of drug-likeness (QED) is 0.805. The summed E-state index contributed by atoms with van der Waals surface area (Å²) in [4.78, 5) is 27.5. The maximum atomic E-state index is 13.0. The molecule has 1 aromatic carbocycles. The van der Waals surface area contributed by atoms with Gasteiger partial charge in [0.2, 0.25) is 21.8 Å². The van der Waals surface area contributed by atoms with Gasteiger partial charge in [0.25, 0.3) is 0 Å². The lowest BCUT2D eigenvalue weighted by Gasteiger charge is -2.32. The molecule has 1 unspecified atom stereocenters. The van der Waals surface area contributed by atoms with E-state index in [-0.39, 0.29) is 43.3 Å². The largest absolute Gasteiger partial charge is 0.355 e. The Hall–Kier alpha value is -1.93. The number of amides is 2. The Morgan fingerprint density at radius 3 is 2.41 bits per heavy atom. The van der Waals surface area contributed by atoms with Crippen molar-refractivity contribution >= 4 is 21.8 Å². The summed E-state index contributed by atoms with van der Waals surface area (Å²) >= 11 is 0. The number of sulfonamides is 1. The van der Waals surface area contributed by atoms with Crippen molar-refractivity contribution < 1.29 is 18.0 Å². The fraction of sp³-hybridized carbons (Fsp3) is 0.619. The Morgan fingerprint density at radius 1 is 1.10 bits per heavy atom. The minimum absolute atomic E-state index is 0.0323. The molecule has 2 aliphatic rings. The summed E-state index contributed by atoms with van der Waals surface area (Å²) in [6.45, 7) is 4.61. The lowest BCUT2D eigenvalue weighted by Crippen LogP contribution is -2.42. The summed E-state index contributed by atoms with van der Waals surface area (Å²) in [5.41, 5.74) is 0.933. The van der Waals surface area contributed by atoms with E-state index in [1.165, 1.54) is 4.31 Å². The molecule has 1 heterocycles. The van der Waals surface area contributed by atoms with E-state index in [1.807, 2.05) is 30.3 Å². The molecule has 160 valence electrons. The second-order valence-corrected chi connectivity index (χ2v) is 10.6. The summed E-state index contributed by atoms with van der Waals surface area (Å²) in [5, 5.41) is 2.32. The summed E-state index contributed by atoms with van der Waals surface area (Å²) in [7, 11) is -3.43. The first kappa shape index (κ1) is 21.8. The number of nitrogens with zero attached hydrogens (tertiary/aromatic N) is 2. The second kappa shape index (κ2) is 9.26. The van der Waals surface area contributed by atoms with Crippen LogP contribution < -0.4 is 5.32 Å². The van der Waals surface area contributed by atoms with Crippen LogP contribution in [0.4, 0.5) is 0 Å².